The van der Waals surface area contributed by atoms with Crippen LogP contribution in [0.5, 0.6) is 0 Å². The molecule has 0 bridgehead atoms. The standard InChI is InChI=1S/C19H19N3O3.ClH/c1-12(23)13-4-6-14(7-5-13)15-8-9-16(24-15)17-21-18(22-25-17)19(20)10-2-3-11-19;/h4-9H,2-3,10-11,20H2,1H3;1H. The van der Waals surface area contributed by atoms with E-state index in [4.69, 9.17) is 14.7 Å². The Morgan fingerprint density at radius 1 is 1.08 bits per heavy atom. The molecule has 136 valence electrons. The number of furan rings is 1. The van der Waals surface area contributed by atoms with E-state index >= 15 is 0 Å². The third-order valence-electron chi connectivity index (χ3n) is 4.76. The topological polar surface area (TPSA) is 95.2 Å². The highest BCUT2D eigenvalue weighted by molar-refractivity contribution is 5.94. The summed E-state index contributed by atoms with van der Waals surface area (Å²) in [4.78, 5) is 15.8. The van der Waals surface area contributed by atoms with Gasteiger partial charge in [0, 0.05) is 11.1 Å². The van der Waals surface area contributed by atoms with Gasteiger partial charge in [-0.2, -0.15) is 4.98 Å². The van der Waals surface area contributed by atoms with Gasteiger partial charge >= 0.3 is 0 Å². The Hall–Kier alpha value is -2.44. The van der Waals surface area contributed by atoms with Crippen LogP contribution >= 0.6 is 12.4 Å². The number of nitrogens with two attached hydrogens (primary N) is 1. The van der Waals surface area contributed by atoms with Crippen molar-refractivity contribution in [3.63, 3.8) is 0 Å². The first-order chi connectivity index (χ1) is 12.0. The summed E-state index contributed by atoms with van der Waals surface area (Å²) < 4.78 is 11.2. The first kappa shape index (κ1) is 18.4. The van der Waals surface area contributed by atoms with Gasteiger partial charge < -0.3 is 14.7 Å². The van der Waals surface area contributed by atoms with Crippen LogP contribution in [0.2, 0.25) is 0 Å². The van der Waals surface area contributed by atoms with E-state index in [1.165, 1.54) is 0 Å². The Labute approximate surface area is 157 Å². The predicted molar refractivity (Wildman–Crippen MR) is 99.0 cm³/mol. The van der Waals surface area contributed by atoms with Gasteiger partial charge in [-0.15, -0.1) is 12.4 Å². The van der Waals surface area contributed by atoms with Crippen molar-refractivity contribution in [3.05, 3.63) is 47.8 Å². The molecule has 1 fully saturated rings. The molecule has 7 heteroatoms. The van der Waals surface area contributed by atoms with Gasteiger partial charge in [0.2, 0.25) is 0 Å². The Morgan fingerprint density at radius 2 is 1.73 bits per heavy atom. The van der Waals surface area contributed by atoms with Crippen LogP contribution < -0.4 is 5.73 Å². The molecule has 2 heterocycles. The highest BCUT2D eigenvalue weighted by atomic mass is 35.5. The van der Waals surface area contributed by atoms with E-state index in [1.807, 2.05) is 18.2 Å². The van der Waals surface area contributed by atoms with Crippen molar-refractivity contribution in [1.82, 2.24) is 10.1 Å². The minimum atomic E-state index is -0.486. The van der Waals surface area contributed by atoms with Crippen molar-refractivity contribution in [2.45, 2.75) is 38.1 Å². The van der Waals surface area contributed by atoms with Crippen LogP contribution in [0.1, 0.15) is 48.8 Å². The van der Waals surface area contributed by atoms with Crippen LogP contribution in [0.25, 0.3) is 23.0 Å². The molecule has 0 amide bonds. The lowest BCUT2D eigenvalue weighted by Crippen LogP contribution is -2.34. The smallest absolute Gasteiger partial charge is 0.293 e. The van der Waals surface area contributed by atoms with Crippen molar-refractivity contribution < 1.29 is 13.7 Å². The number of carbonyl (C=O) groups is 1. The largest absolute Gasteiger partial charge is 0.451 e. The van der Waals surface area contributed by atoms with Gasteiger partial charge in [-0.1, -0.05) is 42.3 Å². The molecule has 2 aromatic heterocycles. The van der Waals surface area contributed by atoms with Crippen molar-refractivity contribution in [2.75, 3.05) is 0 Å². The van der Waals surface area contributed by atoms with E-state index in [0.29, 0.717) is 28.8 Å². The average Bonchev–Trinajstić information content (AvgIpc) is 3.35. The molecule has 1 aliphatic rings. The van der Waals surface area contributed by atoms with Crippen molar-refractivity contribution in [3.8, 4) is 23.0 Å². The molecule has 6 nitrogen and oxygen atoms in total. The number of aromatic nitrogens is 2. The van der Waals surface area contributed by atoms with Crippen LogP contribution in [0.3, 0.4) is 0 Å². The Bertz CT molecular complexity index is 908. The van der Waals surface area contributed by atoms with Gasteiger partial charge in [0.05, 0.1) is 5.54 Å². The van der Waals surface area contributed by atoms with Gasteiger partial charge in [0.15, 0.2) is 17.4 Å². The molecule has 4 rings (SSSR count). The van der Waals surface area contributed by atoms with Crippen LogP contribution in [-0.4, -0.2) is 15.9 Å². The molecule has 0 saturated heterocycles. The molecule has 0 spiro atoms. The van der Waals surface area contributed by atoms with Gasteiger partial charge in [0.1, 0.15) is 5.76 Å². The van der Waals surface area contributed by atoms with Gasteiger partial charge in [-0.25, -0.2) is 0 Å². The van der Waals surface area contributed by atoms with E-state index in [1.54, 1.807) is 25.1 Å². The molecule has 0 atom stereocenters. The number of hydrogen-bond donors (Lipinski definition) is 1. The van der Waals surface area contributed by atoms with Crippen molar-refractivity contribution in [1.29, 1.82) is 0 Å². The average molecular weight is 374 g/mol. The lowest BCUT2D eigenvalue weighted by molar-refractivity contribution is 0.101. The number of rotatable bonds is 4. The quantitative estimate of drug-likeness (QED) is 0.683. The molecular formula is C19H20ClN3O3. The van der Waals surface area contributed by atoms with Gasteiger partial charge in [-0.3, -0.25) is 4.79 Å². The maximum atomic E-state index is 11.4. The summed E-state index contributed by atoms with van der Waals surface area (Å²) in [6.07, 6.45) is 3.92. The van der Waals surface area contributed by atoms with E-state index in [-0.39, 0.29) is 18.2 Å². The summed E-state index contributed by atoms with van der Waals surface area (Å²) in [5.74, 6) is 2.09. The normalized spacial score (nSPS) is 15.6. The van der Waals surface area contributed by atoms with E-state index in [9.17, 15) is 4.79 Å². The van der Waals surface area contributed by atoms with Crippen LogP contribution in [0.15, 0.2) is 45.3 Å². The third kappa shape index (κ3) is 3.30. The number of hydrogen-bond acceptors (Lipinski definition) is 6. The molecular weight excluding hydrogens is 354 g/mol. The first-order valence-corrected chi connectivity index (χ1v) is 8.40. The molecule has 1 aromatic carbocycles. The highest BCUT2D eigenvalue weighted by Gasteiger charge is 2.36. The Morgan fingerprint density at radius 3 is 2.38 bits per heavy atom. The zero-order valence-corrected chi connectivity index (χ0v) is 15.2. The zero-order chi connectivity index (χ0) is 17.4. The van der Waals surface area contributed by atoms with Crippen LogP contribution in [0, 0.1) is 0 Å². The molecule has 1 saturated carbocycles. The number of nitrogens with zero attached hydrogens (tertiary/aromatic N) is 2. The third-order valence-corrected chi connectivity index (χ3v) is 4.76. The zero-order valence-electron chi connectivity index (χ0n) is 14.4. The van der Waals surface area contributed by atoms with Crippen molar-refractivity contribution in [2.24, 2.45) is 5.73 Å². The molecule has 0 aliphatic heterocycles. The lowest BCUT2D eigenvalue weighted by atomic mass is 9.99. The number of carbonyl (C=O) groups excluding carboxylic acids is 1. The number of benzene rings is 1. The second-order valence-corrected chi connectivity index (χ2v) is 6.58. The molecule has 2 N–H and O–H groups in total. The molecule has 1 aliphatic carbocycles. The summed E-state index contributed by atoms with van der Waals surface area (Å²) in [6.45, 7) is 1.54. The highest BCUT2D eigenvalue weighted by Crippen LogP contribution is 2.36. The van der Waals surface area contributed by atoms with E-state index in [0.717, 1.165) is 31.2 Å². The minimum Gasteiger partial charge on any atom is -0.451 e. The Balaban J connectivity index is 0.00000196. The SMILES string of the molecule is CC(=O)c1ccc(-c2ccc(-c3nc(C4(N)CCCC4)no3)o2)cc1.Cl. The minimum absolute atomic E-state index is 0. The summed E-state index contributed by atoms with van der Waals surface area (Å²) in [7, 11) is 0. The Kier molecular flexibility index (Phi) is 4.98. The summed E-state index contributed by atoms with van der Waals surface area (Å²) in [6, 6.07) is 10.9. The second-order valence-electron chi connectivity index (χ2n) is 6.58. The number of Topliss-reactive ketones (excluding diaryl/α,β-unsaturated/α-hetero) is 1. The van der Waals surface area contributed by atoms with Crippen LogP contribution in [-0.2, 0) is 5.54 Å². The molecule has 0 radical (unpaired) electrons. The summed E-state index contributed by atoms with van der Waals surface area (Å²) >= 11 is 0. The van der Waals surface area contributed by atoms with E-state index in [2.05, 4.69) is 10.1 Å². The maximum absolute atomic E-state index is 11.4. The van der Waals surface area contributed by atoms with E-state index < -0.39 is 5.54 Å². The maximum Gasteiger partial charge on any atom is 0.293 e. The number of ketones is 1. The molecule has 26 heavy (non-hydrogen) atoms. The van der Waals surface area contributed by atoms with Crippen LogP contribution in [0.4, 0.5) is 0 Å². The summed E-state index contributed by atoms with van der Waals surface area (Å²) in [5, 5.41) is 4.05. The fraction of sp³-hybridized carbons (Fsp3) is 0.316. The lowest BCUT2D eigenvalue weighted by Gasteiger charge is -2.17. The van der Waals surface area contributed by atoms with Gasteiger partial charge in [0.25, 0.3) is 5.89 Å². The van der Waals surface area contributed by atoms with Gasteiger partial charge in [-0.05, 0) is 31.9 Å². The fourth-order valence-corrected chi connectivity index (χ4v) is 3.23. The molecule has 0 unspecified atom stereocenters. The predicted octanol–water partition coefficient (Wildman–Crippen LogP) is 4.35. The monoisotopic (exact) mass is 373 g/mol. The fourth-order valence-electron chi connectivity index (χ4n) is 3.23. The first-order valence-electron chi connectivity index (χ1n) is 8.40. The second kappa shape index (κ2) is 7.05. The number of halogens is 1. The summed E-state index contributed by atoms with van der Waals surface area (Å²) in [5.41, 5.74) is 7.42. The van der Waals surface area contributed by atoms with Crippen molar-refractivity contribution >= 4 is 18.2 Å². The molecule has 3 aromatic rings.